The lowest BCUT2D eigenvalue weighted by molar-refractivity contribution is 0.415. The Kier molecular flexibility index (Phi) is 4.34. The van der Waals surface area contributed by atoms with Gasteiger partial charge in [-0.3, -0.25) is 0 Å². The first-order valence-corrected chi connectivity index (χ1v) is 6.48. The van der Waals surface area contributed by atoms with Crippen molar-refractivity contribution in [2.75, 3.05) is 7.11 Å². The van der Waals surface area contributed by atoms with Gasteiger partial charge in [-0.2, -0.15) is 9.98 Å². The lowest BCUT2D eigenvalue weighted by Crippen LogP contribution is -1.83. The van der Waals surface area contributed by atoms with Gasteiger partial charge in [0.15, 0.2) is 0 Å². The quantitative estimate of drug-likeness (QED) is 0.737. The lowest BCUT2D eigenvalue weighted by atomic mass is 10.1. The minimum Gasteiger partial charge on any atom is -0.497 e. The Labute approximate surface area is 119 Å². The molecule has 0 saturated heterocycles. The first-order valence-electron chi connectivity index (χ1n) is 6.48. The van der Waals surface area contributed by atoms with Crippen molar-refractivity contribution in [1.82, 2.24) is 0 Å². The molecule has 20 heavy (non-hydrogen) atoms. The van der Waals surface area contributed by atoms with Crippen LogP contribution in [0.3, 0.4) is 0 Å². The predicted octanol–water partition coefficient (Wildman–Crippen LogP) is 4.76. The summed E-state index contributed by atoms with van der Waals surface area (Å²) in [5.74, 6) is 0.811. The number of hydrogen-bond donors (Lipinski definition) is 0. The summed E-state index contributed by atoms with van der Waals surface area (Å²) in [6.07, 6.45) is 0. The highest BCUT2D eigenvalue weighted by Crippen LogP contribution is 2.24. The van der Waals surface area contributed by atoms with Crippen molar-refractivity contribution in [2.45, 2.75) is 20.8 Å². The summed E-state index contributed by atoms with van der Waals surface area (Å²) >= 11 is 0. The number of hydrogen-bond acceptors (Lipinski definition) is 3. The number of methoxy groups -OCH3 is 1. The van der Waals surface area contributed by atoms with Gasteiger partial charge in [-0.1, -0.05) is 17.7 Å². The normalized spacial score (nSPS) is 9.80. The Hall–Kier alpha value is -2.38. The van der Waals surface area contributed by atoms with Crippen LogP contribution in [0.4, 0.5) is 11.4 Å². The van der Waals surface area contributed by atoms with Crippen molar-refractivity contribution in [3.8, 4) is 5.75 Å². The Morgan fingerprint density at radius 2 is 1.50 bits per heavy atom. The summed E-state index contributed by atoms with van der Waals surface area (Å²) in [7, 11) is 1.64. The van der Waals surface area contributed by atoms with E-state index in [0.717, 1.165) is 28.3 Å². The van der Waals surface area contributed by atoms with Crippen molar-refractivity contribution < 1.29 is 4.74 Å². The highest BCUT2D eigenvalue weighted by Gasteiger charge is 2.01. The molecular weight excluding hydrogens is 248 g/mol. The Balaban J connectivity index is 2.26. The van der Waals surface area contributed by atoms with E-state index in [2.05, 4.69) is 35.0 Å². The van der Waals surface area contributed by atoms with Gasteiger partial charge in [0.25, 0.3) is 0 Å². The lowest BCUT2D eigenvalue weighted by Gasteiger charge is -2.04. The van der Waals surface area contributed by atoms with Crippen LogP contribution in [0, 0.1) is 20.8 Å². The molecular formula is C17H18N2O. The topological polar surface area (TPSA) is 34.0 Å². The van der Waals surface area contributed by atoms with Gasteiger partial charge in [-0.15, -0.1) is 0 Å². The fraction of sp³-hybridized carbons (Fsp3) is 0.235. The SMILES string of the molecule is COc1ccc(N=C=Nc2c(C)cc(C)cc2C)cc1. The third kappa shape index (κ3) is 3.34. The molecule has 0 aliphatic carbocycles. The van der Waals surface area contributed by atoms with Crippen LogP contribution >= 0.6 is 0 Å². The molecule has 0 heterocycles. The fourth-order valence-electron chi connectivity index (χ4n) is 2.14. The minimum atomic E-state index is 0.803. The number of rotatable bonds is 3. The maximum atomic E-state index is 5.10. The molecule has 0 fully saturated rings. The summed E-state index contributed by atoms with van der Waals surface area (Å²) < 4.78 is 5.10. The molecule has 0 aliphatic rings. The zero-order chi connectivity index (χ0) is 14.5. The van der Waals surface area contributed by atoms with Crippen LogP contribution in [0.2, 0.25) is 0 Å². The Morgan fingerprint density at radius 3 is 2.05 bits per heavy atom. The number of aliphatic imine (C=N–C) groups is 2. The average molecular weight is 266 g/mol. The van der Waals surface area contributed by atoms with E-state index >= 15 is 0 Å². The van der Waals surface area contributed by atoms with Crippen molar-refractivity contribution in [3.63, 3.8) is 0 Å². The second kappa shape index (κ2) is 6.18. The molecule has 0 unspecified atom stereocenters. The molecule has 0 atom stereocenters. The van der Waals surface area contributed by atoms with Crippen molar-refractivity contribution in [2.24, 2.45) is 9.98 Å². The summed E-state index contributed by atoms with van der Waals surface area (Å²) in [6, 6.07) is 14.5. The molecule has 3 heteroatoms. The van der Waals surface area contributed by atoms with Crippen LogP contribution in [0.1, 0.15) is 16.7 Å². The van der Waals surface area contributed by atoms with Gasteiger partial charge in [-0.05, 0) is 56.2 Å². The highest BCUT2D eigenvalue weighted by atomic mass is 16.5. The molecule has 0 aliphatic heterocycles. The summed E-state index contributed by atoms with van der Waals surface area (Å²) in [4.78, 5) is 8.55. The third-order valence-electron chi connectivity index (χ3n) is 3.05. The van der Waals surface area contributed by atoms with E-state index in [4.69, 9.17) is 4.74 Å². The van der Waals surface area contributed by atoms with Crippen LogP contribution in [-0.2, 0) is 0 Å². The predicted molar refractivity (Wildman–Crippen MR) is 82.8 cm³/mol. The van der Waals surface area contributed by atoms with Gasteiger partial charge in [0, 0.05) is 0 Å². The van der Waals surface area contributed by atoms with Crippen LogP contribution in [0.25, 0.3) is 0 Å². The standard InChI is InChI=1S/C17H18N2O/c1-12-9-13(2)17(14(3)10-12)19-11-18-15-5-7-16(20-4)8-6-15/h5-10H,1-4H3. The summed E-state index contributed by atoms with van der Waals surface area (Å²) in [5.41, 5.74) is 5.26. The zero-order valence-corrected chi connectivity index (χ0v) is 12.3. The van der Waals surface area contributed by atoms with Gasteiger partial charge in [0.1, 0.15) is 11.8 Å². The molecule has 2 rings (SSSR count). The highest BCUT2D eigenvalue weighted by molar-refractivity contribution is 5.63. The van der Waals surface area contributed by atoms with E-state index in [-0.39, 0.29) is 0 Å². The fourth-order valence-corrected chi connectivity index (χ4v) is 2.14. The maximum absolute atomic E-state index is 5.10. The first-order chi connectivity index (χ1) is 9.60. The van der Waals surface area contributed by atoms with Crippen LogP contribution in [0.5, 0.6) is 5.75 Å². The van der Waals surface area contributed by atoms with Gasteiger partial charge in [0.05, 0.1) is 18.5 Å². The molecule has 102 valence electrons. The molecule has 0 amide bonds. The monoisotopic (exact) mass is 266 g/mol. The second-order valence-electron chi connectivity index (χ2n) is 4.77. The first kappa shape index (κ1) is 14.0. The maximum Gasteiger partial charge on any atom is 0.119 e. The third-order valence-corrected chi connectivity index (χ3v) is 3.05. The van der Waals surface area contributed by atoms with Gasteiger partial charge in [-0.25, -0.2) is 0 Å². The minimum absolute atomic E-state index is 0.803. The van der Waals surface area contributed by atoms with Gasteiger partial charge < -0.3 is 4.74 Å². The van der Waals surface area contributed by atoms with E-state index in [0.29, 0.717) is 0 Å². The molecule has 3 nitrogen and oxygen atoms in total. The largest absolute Gasteiger partial charge is 0.497 e. The van der Waals surface area contributed by atoms with Crippen molar-refractivity contribution in [3.05, 3.63) is 53.1 Å². The smallest absolute Gasteiger partial charge is 0.119 e. The van der Waals surface area contributed by atoms with E-state index < -0.39 is 0 Å². The van der Waals surface area contributed by atoms with E-state index in [1.54, 1.807) is 7.11 Å². The number of ether oxygens (including phenoxy) is 1. The van der Waals surface area contributed by atoms with Crippen molar-refractivity contribution >= 4 is 17.4 Å². The molecule has 0 N–H and O–H groups in total. The van der Waals surface area contributed by atoms with Crippen LogP contribution in [-0.4, -0.2) is 13.1 Å². The number of aryl methyl sites for hydroxylation is 3. The Bertz CT molecular complexity index is 643. The van der Waals surface area contributed by atoms with E-state index in [1.807, 2.05) is 38.1 Å². The van der Waals surface area contributed by atoms with Crippen molar-refractivity contribution in [1.29, 1.82) is 0 Å². The number of benzene rings is 2. The molecule has 0 aromatic heterocycles. The summed E-state index contributed by atoms with van der Waals surface area (Å²) in [6.45, 7) is 6.18. The van der Waals surface area contributed by atoms with E-state index in [1.165, 1.54) is 5.56 Å². The molecule has 0 radical (unpaired) electrons. The van der Waals surface area contributed by atoms with Gasteiger partial charge in [0.2, 0.25) is 0 Å². The van der Waals surface area contributed by atoms with Gasteiger partial charge >= 0.3 is 0 Å². The molecule has 0 saturated carbocycles. The van der Waals surface area contributed by atoms with Crippen LogP contribution in [0.15, 0.2) is 46.4 Å². The summed E-state index contributed by atoms with van der Waals surface area (Å²) in [5, 5.41) is 0. The molecule has 2 aromatic carbocycles. The average Bonchev–Trinajstić information content (AvgIpc) is 2.42. The number of nitrogens with zero attached hydrogens (tertiary/aromatic N) is 2. The molecule has 0 spiro atoms. The zero-order valence-electron chi connectivity index (χ0n) is 12.3. The molecule has 2 aromatic rings. The Morgan fingerprint density at radius 1 is 0.900 bits per heavy atom. The van der Waals surface area contributed by atoms with E-state index in [9.17, 15) is 0 Å². The molecule has 0 bridgehead atoms. The second-order valence-corrected chi connectivity index (χ2v) is 4.77. The van der Waals surface area contributed by atoms with Crippen LogP contribution < -0.4 is 4.74 Å².